The quantitative estimate of drug-likeness (QED) is 0.707. The standard InChI is InChI=1S/C10H17N3/c1-8(2)7-9-10(13(3)4)12-6-5-11-9/h5-6,8H,7H2,1-4H3. The molecule has 1 aromatic heterocycles. The van der Waals surface area contributed by atoms with Crippen molar-refractivity contribution >= 4 is 5.82 Å². The molecule has 0 aromatic carbocycles. The number of hydrogen-bond acceptors (Lipinski definition) is 3. The highest BCUT2D eigenvalue weighted by atomic mass is 15.1. The Morgan fingerprint density at radius 3 is 2.38 bits per heavy atom. The highest BCUT2D eigenvalue weighted by Crippen LogP contribution is 2.15. The first-order valence-electron chi connectivity index (χ1n) is 4.58. The zero-order chi connectivity index (χ0) is 9.84. The molecule has 3 nitrogen and oxygen atoms in total. The molecule has 0 unspecified atom stereocenters. The predicted molar refractivity (Wildman–Crippen MR) is 54.9 cm³/mol. The third kappa shape index (κ3) is 2.68. The summed E-state index contributed by atoms with van der Waals surface area (Å²) >= 11 is 0. The minimum Gasteiger partial charge on any atom is -0.361 e. The Kier molecular flexibility index (Phi) is 3.23. The molecule has 0 N–H and O–H groups in total. The van der Waals surface area contributed by atoms with Crippen molar-refractivity contribution < 1.29 is 0 Å². The van der Waals surface area contributed by atoms with Crippen molar-refractivity contribution in [1.82, 2.24) is 9.97 Å². The Labute approximate surface area is 79.8 Å². The lowest BCUT2D eigenvalue weighted by molar-refractivity contribution is 0.632. The van der Waals surface area contributed by atoms with Crippen LogP contribution in [-0.4, -0.2) is 24.1 Å². The zero-order valence-electron chi connectivity index (χ0n) is 8.78. The smallest absolute Gasteiger partial charge is 0.149 e. The molecule has 0 atom stereocenters. The Balaban J connectivity index is 2.91. The molecule has 0 saturated heterocycles. The van der Waals surface area contributed by atoms with Crippen molar-refractivity contribution in [3.8, 4) is 0 Å². The molecular formula is C10H17N3. The van der Waals surface area contributed by atoms with E-state index in [1.54, 1.807) is 12.4 Å². The molecule has 1 aromatic rings. The highest BCUT2D eigenvalue weighted by molar-refractivity contribution is 5.41. The molecule has 1 rings (SSSR count). The average Bonchev–Trinajstić information content (AvgIpc) is 2.03. The van der Waals surface area contributed by atoms with E-state index in [1.165, 1.54) is 0 Å². The van der Waals surface area contributed by atoms with E-state index in [2.05, 4.69) is 23.8 Å². The van der Waals surface area contributed by atoms with Gasteiger partial charge in [0.1, 0.15) is 5.82 Å². The number of aromatic nitrogens is 2. The summed E-state index contributed by atoms with van der Waals surface area (Å²) in [6.07, 6.45) is 4.48. The Bertz CT molecular complexity index is 269. The van der Waals surface area contributed by atoms with E-state index in [1.807, 2.05) is 19.0 Å². The van der Waals surface area contributed by atoms with Crippen LogP contribution in [-0.2, 0) is 6.42 Å². The summed E-state index contributed by atoms with van der Waals surface area (Å²) in [5, 5.41) is 0. The molecule has 13 heavy (non-hydrogen) atoms. The van der Waals surface area contributed by atoms with Gasteiger partial charge in [-0.25, -0.2) is 4.98 Å². The maximum absolute atomic E-state index is 4.34. The van der Waals surface area contributed by atoms with Gasteiger partial charge in [0.15, 0.2) is 0 Å². The van der Waals surface area contributed by atoms with E-state index in [0.717, 1.165) is 17.9 Å². The van der Waals surface area contributed by atoms with Crippen LogP contribution in [0.5, 0.6) is 0 Å². The monoisotopic (exact) mass is 179 g/mol. The van der Waals surface area contributed by atoms with E-state index in [0.29, 0.717) is 5.92 Å². The van der Waals surface area contributed by atoms with Crippen LogP contribution in [0.1, 0.15) is 19.5 Å². The van der Waals surface area contributed by atoms with Crippen LogP contribution in [0.25, 0.3) is 0 Å². The maximum atomic E-state index is 4.34. The predicted octanol–water partition coefficient (Wildman–Crippen LogP) is 1.74. The van der Waals surface area contributed by atoms with E-state index >= 15 is 0 Å². The number of nitrogens with zero attached hydrogens (tertiary/aromatic N) is 3. The van der Waals surface area contributed by atoms with Crippen molar-refractivity contribution in [3.63, 3.8) is 0 Å². The summed E-state index contributed by atoms with van der Waals surface area (Å²) < 4.78 is 0. The average molecular weight is 179 g/mol. The van der Waals surface area contributed by atoms with Crippen molar-refractivity contribution in [1.29, 1.82) is 0 Å². The molecule has 0 aliphatic rings. The van der Waals surface area contributed by atoms with Crippen LogP contribution < -0.4 is 4.90 Å². The summed E-state index contributed by atoms with van der Waals surface area (Å²) in [7, 11) is 3.99. The van der Waals surface area contributed by atoms with Gasteiger partial charge in [-0.2, -0.15) is 0 Å². The zero-order valence-corrected chi connectivity index (χ0v) is 8.78. The van der Waals surface area contributed by atoms with E-state index in [-0.39, 0.29) is 0 Å². The van der Waals surface area contributed by atoms with Crippen LogP contribution in [0.4, 0.5) is 5.82 Å². The summed E-state index contributed by atoms with van der Waals surface area (Å²) in [5.74, 6) is 1.60. The minimum absolute atomic E-state index is 0.621. The largest absolute Gasteiger partial charge is 0.361 e. The fourth-order valence-electron chi connectivity index (χ4n) is 1.26. The van der Waals surface area contributed by atoms with Gasteiger partial charge in [-0.05, 0) is 12.3 Å². The van der Waals surface area contributed by atoms with Crippen molar-refractivity contribution in [3.05, 3.63) is 18.1 Å². The van der Waals surface area contributed by atoms with Gasteiger partial charge in [0, 0.05) is 26.5 Å². The van der Waals surface area contributed by atoms with E-state index < -0.39 is 0 Å². The Morgan fingerprint density at radius 1 is 1.23 bits per heavy atom. The molecule has 0 fully saturated rings. The first-order chi connectivity index (χ1) is 6.11. The first-order valence-corrected chi connectivity index (χ1v) is 4.58. The van der Waals surface area contributed by atoms with Gasteiger partial charge < -0.3 is 4.90 Å². The maximum Gasteiger partial charge on any atom is 0.149 e. The van der Waals surface area contributed by atoms with Gasteiger partial charge in [0.05, 0.1) is 5.69 Å². The minimum atomic E-state index is 0.621. The third-order valence-electron chi connectivity index (χ3n) is 1.78. The van der Waals surface area contributed by atoms with Crippen molar-refractivity contribution in [2.75, 3.05) is 19.0 Å². The number of rotatable bonds is 3. The van der Waals surface area contributed by atoms with Gasteiger partial charge in [-0.1, -0.05) is 13.8 Å². The summed E-state index contributed by atoms with van der Waals surface area (Å²) in [5.41, 5.74) is 1.09. The second-order valence-electron chi connectivity index (χ2n) is 3.82. The lowest BCUT2D eigenvalue weighted by Gasteiger charge is -2.15. The van der Waals surface area contributed by atoms with Crippen LogP contribution in [0.15, 0.2) is 12.4 Å². The molecule has 0 aliphatic carbocycles. The van der Waals surface area contributed by atoms with Gasteiger partial charge >= 0.3 is 0 Å². The van der Waals surface area contributed by atoms with Gasteiger partial charge in [-0.3, -0.25) is 4.98 Å². The van der Waals surface area contributed by atoms with Crippen molar-refractivity contribution in [2.45, 2.75) is 20.3 Å². The molecule has 0 radical (unpaired) electrons. The molecule has 0 spiro atoms. The molecule has 0 saturated carbocycles. The van der Waals surface area contributed by atoms with Crippen molar-refractivity contribution in [2.24, 2.45) is 5.92 Å². The Morgan fingerprint density at radius 2 is 1.85 bits per heavy atom. The molecule has 3 heteroatoms. The summed E-state index contributed by atoms with van der Waals surface area (Å²) in [6.45, 7) is 4.38. The summed E-state index contributed by atoms with van der Waals surface area (Å²) in [6, 6.07) is 0. The first kappa shape index (κ1) is 9.96. The lowest BCUT2D eigenvalue weighted by Crippen LogP contribution is -2.15. The molecular weight excluding hydrogens is 162 g/mol. The number of hydrogen-bond donors (Lipinski definition) is 0. The normalized spacial score (nSPS) is 10.5. The topological polar surface area (TPSA) is 29.0 Å². The lowest BCUT2D eigenvalue weighted by atomic mass is 10.1. The van der Waals surface area contributed by atoms with Crippen LogP contribution in [0, 0.1) is 5.92 Å². The Hall–Kier alpha value is -1.12. The van der Waals surface area contributed by atoms with Gasteiger partial charge in [0.2, 0.25) is 0 Å². The molecule has 1 heterocycles. The fraction of sp³-hybridized carbons (Fsp3) is 0.600. The molecule has 72 valence electrons. The molecule has 0 amide bonds. The van der Waals surface area contributed by atoms with Crippen LogP contribution in [0.3, 0.4) is 0 Å². The third-order valence-corrected chi connectivity index (χ3v) is 1.78. The van der Waals surface area contributed by atoms with Crippen LogP contribution in [0.2, 0.25) is 0 Å². The highest BCUT2D eigenvalue weighted by Gasteiger charge is 2.07. The fourth-order valence-corrected chi connectivity index (χ4v) is 1.26. The number of anilines is 1. The second kappa shape index (κ2) is 4.21. The summed E-state index contributed by atoms with van der Waals surface area (Å²) in [4.78, 5) is 10.6. The second-order valence-corrected chi connectivity index (χ2v) is 3.82. The molecule has 0 aliphatic heterocycles. The van der Waals surface area contributed by atoms with Gasteiger partial charge in [0.25, 0.3) is 0 Å². The van der Waals surface area contributed by atoms with E-state index in [4.69, 9.17) is 0 Å². The van der Waals surface area contributed by atoms with E-state index in [9.17, 15) is 0 Å². The molecule has 0 bridgehead atoms. The SMILES string of the molecule is CC(C)Cc1nccnc1N(C)C. The van der Waals surface area contributed by atoms with Gasteiger partial charge in [-0.15, -0.1) is 0 Å². The van der Waals surface area contributed by atoms with Crippen LogP contribution >= 0.6 is 0 Å².